The average molecular weight is 448 g/mol. The van der Waals surface area contributed by atoms with Crippen LogP contribution in [0.4, 0.5) is 20.2 Å². The Morgan fingerprint density at radius 1 is 1.15 bits per heavy atom. The molecule has 5 nitrogen and oxygen atoms in total. The van der Waals surface area contributed by atoms with Crippen molar-refractivity contribution in [1.82, 2.24) is 19.7 Å². The molecule has 170 valence electrons. The molecular formula is C26H27F2N5. The van der Waals surface area contributed by atoms with Crippen LogP contribution >= 0.6 is 0 Å². The van der Waals surface area contributed by atoms with E-state index in [1.165, 1.54) is 0 Å². The zero-order chi connectivity index (χ0) is 23.3. The lowest BCUT2D eigenvalue weighted by Crippen LogP contribution is -2.25. The second-order valence-corrected chi connectivity index (χ2v) is 8.61. The first-order chi connectivity index (χ1) is 15.9. The predicted octanol–water partition coefficient (Wildman–Crippen LogP) is 5.79. The first-order valence-electron chi connectivity index (χ1n) is 11.0. The maximum atomic E-state index is 14.1. The van der Waals surface area contributed by atoms with Crippen molar-refractivity contribution in [2.24, 2.45) is 14.1 Å². The quantitative estimate of drug-likeness (QED) is 0.421. The lowest BCUT2D eigenvalue weighted by Gasteiger charge is -2.32. The molecule has 5 rings (SSSR count). The van der Waals surface area contributed by atoms with E-state index in [0.29, 0.717) is 11.1 Å². The summed E-state index contributed by atoms with van der Waals surface area (Å²) in [7, 11) is 5.67. The highest BCUT2D eigenvalue weighted by Crippen LogP contribution is 2.42. The predicted molar refractivity (Wildman–Crippen MR) is 130 cm³/mol. The molecule has 2 aromatic heterocycles. The summed E-state index contributed by atoms with van der Waals surface area (Å²) in [5.41, 5.74) is 7.23. The second-order valence-electron chi connectivity index (χ2n) is 8.61. The molecular weight excluding hydrogens is 420 g/mol. The van der Waals surface area contributed by atoms with Crippen LogP contribution in [0.2, 0.25) is 0 Å². The van der Waals surface area contributed by atoms with Gasteiger partial charge in [0, 0.05) is 84.7 Å². The third kappa shape index (κ3) is 3.57. The van der Waals surface area contributed by atoms with E-state index >= 15 is 0 Å². The third-order valence-electron chi connectivity index (χ3n) is 6.53. The first kappa shape index (κ1) is 21.2. The minimum Gasteiger partial charge on any atom is -0.388 e. The monoisotopic (exact) mass is 447 g/mol. The largest absolute Gasteiger partial charge is 0.388 e. The van der Waals surface area contributed by atoms with E-state index in [2.05, 4.69) is 50.9 Å². The molecule has 33 heavy (non-hydrogen) atoms. The molecule has 0 radical (unpaired) electrons. The molecule has 4 aromatic rings. The van der Waals surface area contributed by atoms with Crippen molar-refractivity contribution in [3.05, 3.63) is 72.2 Å². The summed E-state index contributed by atoms with van der Waals surface area (Å²) < 4.78 is 32.0. The molecule has 0 unspecified atom stereocenters. The molecule has 0 atom stereocenters. The maximum Gasteiger partial charge on any atom is 0.264 e. The molecule has 1 N–H and O–H groups in total. The standard InChI is InChI=1S/C26H27F2N5/c1-16(29-2)23-15-31(3)24-8-7-19(11-21(23)24)33-9-5-6-17-10-20(18-13-30-32(4)14-18)22(26(27)28)12-25(17)33/h7-8,10-15,26,29H,1,5-6,9H2,2-4H3. The van der Waals surface area contributed by atoms with Gasteiger partial charge in [-0.3, -0.25) is 4.68 Å². The van der Waals surface area contributed by atoms with Crippen LogP contribution in [-0.2, 0) is 20.5 Å². The molecule has 0 saturated heterocycles. The summed E-state index contributed by atoms with van der Waals surface area (Å²) in [5, 5.41) is 8.39. The number of fused-ring (bicyclic) bond motifs is 2. The lowest BCUT2D eigenvalue weighted by molar-refractivity contribution is 0.152. The number of aromatic nitrogens is 3. The van der Waals surface area contributed by atoms with Crippen LogP contribution in [0.3, 0.4) is 0 Å². The summed E-state index contributed by atoms with van der Waals surface area (Å²) in [5.74, 6) is 0. The Morgan fingerprint density at radius 2 is 1.97 bits per heavy atom. The fourth-order valence-corrected chi connectivity index (χ4v) is 4.83. The number of rotatable bonds is 5. The van der Waals surface area contributed by atoms with Gasteiger partial charge >= 0.3 is 0 Å². The Hall–Kier alpha value is -3.61. The highest BCUT2D eigenvalue weighted by molar-refractivity contribution is 5.95. The van der Waals surface area contributed by atoms with Gasteiger partial charge in [-0.05, 0) is 54.3 Å². The molecule has 2 aromatic carbocycles. The summed E-state index contributed by atoms with van der Waals surface area (Å²) in [6.45, 7) is 4.91. The molecule has 0 bridgehead atoms. The highest BCUT2D eigenvalue weighted by atomic mass is 19.3. The fourth-order valence-electron chi connectivity index (χ4n) is 4.83. The SMILES string of the molecule is C=C(NC)c1cn(C)c2ccc(N3CCCc4cc(-c5cnn(C)c5)c(C(F)F)cc43)cc12. The number of nitrogens with one attached hydrogen (secondary N) is 1. The Kier molecular flexibility index (Phi) is 5.19. The van der Waals surface area contributed by atoms with Crippen molar-refractivity contribution in [3.63, 3.8) is 0 Å². The number of hydrogen-bond donors (Lipinski definition) is 1. The van der Waals surface area contributed by atoms with Crippen LogP contribution in [0.5, 0.6) is 0 Å². The Morgan fingerprint density at radius 3 is 2.67 bits per heavy atom. The van der Waals surface area contributed by atoms with Gasteiger partial charge in [-0.2, -0.15) is 5.10 Å². The van der Waals surface area contributed by atoms with Crippen molar-refractivity contribution >= 4 is 28.0 Å². The normalized spacial score (nSPS) is 13.6. The van der Waals surface area contributed by atoms with Crippen LogP contribution in [0.15, 0.2) is 55.5 Å². The van der Waals surface area contributed by atoms with Crippen LogP contribution in [0, 0.1) is 0 Å². The average Bonchev–Trinajstić information content (AvgIpc) is 3.40. The van der Waals surface area contributed by atoms with Crippen molar-refractivity contribution < 1.29 is 8.78 Å². The number of hydrogen-bond acceptors (Lipinski definition) is 3. The Bertz CT molecular complexity index is 1360. The van der Waals surface area contributed by atoms with Crippen LogP contribution < -0.4 is 10.2 Å². The molecule has 0 spiro atoms. The van der Waals surface area contributed by atoms with Gasteiger partial charge in [0.05, 0.1) is 6.20 Å². The summed E-state index contributed by atoms with van der Waals surface area (Å²) in [4.78, 5) is 2.16. The Labute approximate surface area is 191 Å². The van der Waals surface area contributed by atoms with E-state index in [4.69, 9.17) is 0 Å². The van der Waals surface area contributed by atoms with Crippen LogP contribution in [0.25, 0.3) is 27.7 Å². The summed E-state index contributed by atoms with van der Waals surface area (Å²) in [6, 6.07) is 9.89. The number of benzene rings is 2. The number of halogens is 2. The van der Waals surface area contributed by atoms with Gasteiger partial charge in [0.2, 0.25) is 0 Å². The number of nitrogens with zero attached hydrogens (tertiary/aromatic N) is 4. The van der Waals surface area contributed by atoms with E-state index in [1.807, 2.05) is 20.2 Å². The Balaban J connectivity index is 1.64. The number of aryl methyl sites for hydroxylation is 3. The summed E-state index contributed by atoms with van der Waals surface area (Å²) >= 11 is 0. The zero-order valence-corrected chi connectivity index (χ0v) is 19.1. The van der Waals surface area contributed by atoms with Crippen molar-refractivity contribution in [3.8, 4) is 11.1 Å². The van der Waals surface area contributed by atoms with E-state index in [-0.39, 0.29) is 5.56 Å². The molecule has 1 aliphatic rings. The van der Waals surface area contributed by atoms with Gasteiger partial charge in [0.15, 0.2) is 0 Å². The molecule has 0 aliphatic carbocycles. The van der Waals surface area contributed by atoms with Gasteiger partial charge in [0.25, 0.3) is 6.43 Å². The van der Waals surface area contributed by atoms with Crippen molar-refractivity contribution in [1.29, 1.82) is 0 Å². The fraction of sp³-hybridized carbons (Fsp3) is 0.269. The van der Waals surface area contributed by atoms with E-state index in [9.17, 15) is 8.78 Å². The number of anilines is 2. The number of alkyl halides is 2. The van der Waals surface area contributed by atoms with E-state index in [1.54, 1.807) is 30.2 Å². The van der Waals surface area contributed by atoms with Gasteiger partial charge in [-0.25, -0.2) is 8.78 Å². The smallest absolute Gasteiger partial charge is 0.264 e. The van der Waals surface area contributed by atoms with E-state index < -0.39 is 6.43 Å². The molecule has 0 fully saturated rings. The summed E-state index contributed by atoms with van der Waals surface area (Å²) in [6.07, 6.45) is 4.74. The lowest BCUT2D eigenvalue weighted by atomic mass is 9.92. The maximum absolute atomic E-state index is 14.1. The van der Waals surface area contributed by atoms with Gasteiger partial charge in [0.1, 0.15) is 0 Å². The molecule has 0 amide bonds. The molecule has 3 heterocycles. The molecule has 0 saturated carbocycles. The minimum absolute atomic E-state index is 0.0405. The molecule has 7 heteroatoms. The second kappa shape index (κ2) is 8.06. The topological polar surface area (TPSA) is 38.0 Å². The van der Waals surface area contributed by atoms with Gasteiger partial charge in [-0.1, -0.05) is 6.58 Å². The van der Waals surface area contributed by atoms with Crippen molar-refractivity contribution in [2.75, 3.05) is 18.5 Å². The minimum atomic E-state index is -2.57. The van der Waals surface area contributed by atoms with Crippen LogP contribution in [0.1, 0.15) is 29.5 Å². The highest BCUT2D eigenvalue weighted by Gasteiger charge is 2.25. The molecule has 1 aliphatic heterocycles. The van der Waals surface area contributed by atoms with Gasteiger partial charge in [-0.15, -0.1) is 0 Å². The zero-order valence-electron chi connectivity index (χ0n) is 19.1. The first-order valence-corrected chi connectivity index (χ1v) is 11.0. The van der Waals surface area contributed by atoms with Crippen LogP contribution in [-0.4, -0.2) is 27.9 Å². The van der Waals surface area contributed by atoms with E-state index in [0.717, 1.165) is 58.5 Å². The third-order valence-corrected chi connectivity index (χ3v) is 6.53. The van der Waals surface area contributed by atoms with Gasteiger partial charge < -0.3 is 14.8 Å². The van der Waals surface area contributed by atoms with Crippen molar-refractivity contribution in [2.45, 2.75) is 19.3 Å².